The minimum Gasteiger partial charge on any atom is -0.481 e. The molecular formula is C29H35N5O3. The number of carbonyl (C=O) groups is 2. The van der Waals surface area contributed by atoms with E-state index in [2.05, 4.69) is 32.7 Å². The molecule has 2 atom stereocenters. The second-order valence-electron chi connectivity index (χ2n) is 10.2. The Balaban J connectivity index is 1.16. The number of nitrogens with one attached hydrogen (secondary N) is 2. The van der Waals surface area contributed by atoms with Gasteiger partial charge in [-0.05, 0) is 80.9 Å². The van der Waals surface area contributed by atoms with E-state index in [0.29, 0.717) is 12.1 Å². The molecule has 0 saturated carbocycles. The highest BCUT2D eigenvalue weighted by molar-refractivity contribution is 5.82. The van der Waals surface area contributed by atoms with Crippen molar-refractivity contribution in [1.82, 2.24) is 20.2 Å². The largest absolute Gasteiger partial charge is 0.481 e. The topological polar surface area (TPSA) is 107 Å². The third-order valence-corrected chi connectivity index (χ3v) is 7.44. The first-order chi connectivity index (χ1) is 18.0. The number of carbonyl (C=O) groups excluding carboxylic acids is 1. The molecule has 0 unspecified atom stereocenters. The summed E-state index contributed by atoms with van der Waals surface area (Å²) < 4.78 is 0. The number of benzene rings is 1. The van der Waals surface area contributed by atoms with Crippen LogP contribution in [0.25, 0.3) is 10.9 Å². The van der Waals surface area contributed by atoms with Gasteiger partial charge in [0.2, 0.25) is 5.91 Å². The van der Waals surface area contributed by atoms with E-state index in [0.717, 1.165) is 80.6 Å². The Hall–Kier alpha value is -3.52. The van der Waals surface area contributed by atoms with Gasteiger partial charge in [-0.2, -0.15) is 0 Å². The molecule has 0 radical (unpaired) electrons. The summed E-state index contributed by atoms with van der Waals surface area (Å²) >= 11 is 0. The van der Waals surface area contributed by atoms with Gasteiger partial charge in [0.25, 0.3) is 0 Å². The van der Waals surface area contributed by atoms with Crippen molar-refractivity contribution in [3.8, 4) is 0 Å². The van der Waals surface area contributed by atoms with Crippen molar-refractivity contribution in [3.05, 3.63) is 65.5 Å². The van der Waals surface area contributed by atoms with Crippen LogP contribution in [0.15, 0.2) is 48.7 Å². The molecule has 4 heterocycles. The van der Waals surface area contributed by atoms with Gasteiger partial charge in [-0.25, -0.2) is 4.98 Å². The van der Waals surface area contributed by atoms with Crippen molar-refractivity contribution in [2.75, 3.05) is 31.5 Å². The van der Waals surface area contributed by atoms with Crippen LogP contribution >= 0.6 is 0 Å². The van der Waals surface area contributed by atoms with Crippen LogP contribution in [0.1, 0.15) is 55.0 Å². The standard InChI is InChI=1S/C29H35N5O3/c35-27(36)17-26(23-16-21-6-1-2-10-25(21)31-18-23)33-29(37)22-8-4-14-34(19-22)15-5-9-24-12-11-20-7-3-13-30-28(20)32-24/h1-2,6,10-12,16,18,22,26H,3-5,7-9,13-15,17,19H2,(H,30,32)(H,33,37)(H,35,36)/t22-,26+/m1/s1. The summed E-state index contributed by atoms with van der Waals surface area (Å²) in [4.78, 5) is 36.4. The lowest BCUT2D eigenvalue weighted by molar-refractivity contribution is -0.138. The quantitative estimate of drug-likeness (QED) is 0.407. The number of hydrogen-bond acceptors (Lipinski definition) is 6. The Morgan fingerprint density at radius 3 is 2.97 bits per heavy atom. The zero-order valence-corrected chi connectivity index (χ0v) is 21.2. The average Bonchev–Trinajstić information content (AvgIpc) is 2.92. The highest BCUT2D eigenvalue weighted by Crippen LogP contribution is 2.24. The third kappa shape index (κ3) is 6.43. The minimum atomic E-state index is -0.949. The molecule has 0 bridgehead atoms. The summed E-state index contributed by atoms with van der Waals surface area (Å²) in [5.74, 6) is -0.137. The van der Waals surface area contributed by atoms with Gasteiger partial charge in [-0.1, -0.05) is 24.3 Å². The van der Waals surface area contributed by atoms with Crippen LogP contribution in [0, 0.1) is 5.92 Å². The molecule has 194 valence electrons. The number of pyridine rings is 2. The molecule has 37 heavy (non-hydrogen) atoms. The monoisotopic (exact) mass is 501 g/mol. The van der Waals surface area contributed by atoms with E-state index >= 15 is 0 Å². The van der Waals surface area contributed by atoms with Crippen molar-refractivity contribution >= 4 is 28.6 Å². The highest BCUT2D eigenvalue weighted by atomic mass is 16.4. The minimum absolute atomic E-state index is 0.0773. The molecule has 8 heteroatoms. The molecule has 1 amide bonds. The lowest BCUT2D eigenvalue weighted by Crippen LogP contribution is -2.44. The SMILES string of the molecule is O=C(O)C[C@H](NC(=O)[C@@H]1CCCN(CCCc2ccc3c(n2)NCCC3)C1)c1cnc2ccccc2c1. The van der Waals surface area contributed by atoms with Gasteiger partial charge in [-0.3, -0.25) is 14.6 Å². The second kappa shape index (κ2) is 11.7. The van der Waals surface area contributed by atoms with E-state index in [-0.39, 0.29) is 18.2 Å². The number of piperidine rings is 1. The Morgan fingerprint density at radius 2 is 2.08 bits per heavy atom. The molecule has 1 aromatic carbocycles. The van der Waals surface area contributed by atoms with Crippen molar-refractivity contribution in [1.29, 1.82) is 0 Å². The Bertz CT molecular complexity index is 1260. The number of fused-ring (bicyclic) bond motifs is 2. The van der Waals surface area contributed by atoms with Crippen LogP contribution in [0.3, 0.4) is 0 Å². The number of carboxylic acids is 1. The Labute approximate surface area is 217 Å². The van der Waals surface area contributed by atoms with Gasteiger partial charge in [0.15, 0.2) is 0 Å². The van der Waals surface area contributed by atoms with Crippen molar-refractivity contribution in [2.24, 2.45) is 5.92 Å². The van der Waals surface area contributed by atoms with Gasteiger partial charge >= 0.3 is 5.97 Å². The molecule has 3 aromatic rings. The molecule has 2 aliphatic rings. The normalized spacial score (nSPS) is 18.5. The lowest BCUT2D eigenvalue weighted by atomic mass is 9.95. The van der Waals surface area contributed by atoms with E-state index < -0.39 is 12.0 Å². The van der Waals surface area contributed by atoms with Crippen LogP contribution in [-0.4, -0.2) is 58.0 Å². The fraction of sp³-hybridized carbons (Fsp3) is 0.448. The smallest absolute Gasteiger partial charge is 0.305 e. The molecule has 2 aromatic heterocycles. The number of rotatable bonds is 9. The highest BCUT2D eigenvalue weighted by Gasteiger charge is 2.28. The van der Waals surface area contributed by atoms with Gasteiger partial charge in [0.05, 0.1) is 23.9 Å². The summed E-state index contributed by atoms with van der Waals surface area (Å²) in [6.07, 6.45) is 7.43. The maximum atomic E-state index is 13.2. The molecular weight excluding hydrogens is 466 g/mol. The number of aliphatic carboxylic acids is 1. The number of anilines is 1. The predicted molar refractivity (Wildman–Crippen MR) is 143 cm³/mol. The summed E-state index contributed by atoms with van der Waals surface area (Å²) in [6, 6.07) is 13.4. The fourth-order valence-corrected chi connectivity index (χ4v) is 5.46. The zero-order chi connectivity index (χ0) is 25.6. The van der Waals surface area contributed by atoms with E-state index in [1.54, 1.807) is 6.20 Å². The number of hydrogen-bond donors (Lipinski definition) is 3. The first-order valence-electron chi connectivity index (χ1n) is 13.4. The van der Waals surface area contributed by atoms with Crippen LogP contribution in [0.4, 0.5) is 5.82 Å². The van der Waals surface area contributed by atoms with Gasteiger partial charge < -0.3 is 20.6 Å². The zero-order valence-electron chi connectivity index (χ0n) is 21.2. The summed E-state index contributed by atoms with van der Waals surface area (Å²) in [5.41, 5.74) is 3.98. The maximum absolute atomic E-state index is 13.2. The first-order valence-corrected chi connectivity index (χ1v) is 13.4. The molecule has 3 N–H and O–H groups in total. The van der Waals surface area contributed by atoms with Crippen molar-refractivity contribution in [3.63, 3.8) is 0 Å². The molecule has 0 spiro atoms. The van der Waals surface area contributed by atoms with E-state index in [4.69, 9.17) is 4.98 Å². The van der Waals surface area contributed by atoms with Gasteiger partial charge in [0.1, 0.15) is 5.82 Å². The summed E-state index contributed by atoms with van der Waals surface area (Å²) in [6.45, 7) is 3.59. The van der Waals surface area contributed by atoms with Crippen LogP contribution in [-0.2, 0) is 22.4 Å². The van der Waals surface area contributed by atoms with Crippen LogP contribution < -0.4 is 10.6 Å². The summed E-state index contributed by atoms with van der Waals surface area (Å²) in [7, 11) is 0. The lowest BCUT2D eigenvalue weighted by Gasteiger charge is -2.33. The van der Waals surface area contributed by atoms with E-state index in [1.807, 2.05) is 30.3 Å². The van der Waals surface area contributed by atoms with Crippen LogP contribution in [0.5, 0.6) is 0 Å². The third-order valence-electron chi connectivity index (χ3n) is 7.44. The Kier molecular flexibility index (Phi) is 7.94. The van der Waals surface area contributed by atoms with Gasteiger partial charge in [-0.15, -0.1) is 0 Å². The molecule has 1 fully saturated rings. The molecule has 2 aliphatic heterocycles. The molecule has 0 aliphatic carbocycles. The first kappa shape index (κ1) is 25.1. The predicted octanol–water partition coefficient (Wildman–Crippen LogP) is 3.96. The molecule has 5 rings (SSSR count). The number of amides is 1. The van der Waals surface area contributed by atoms with E-state index in [1.165, 1.54) is 5.56 Å². The Morgan fingerprint density at radius 1 is 1.19 bits per heavy atom. The summed E-state index contributed by atoms with van der Waals surface area (Å²) in [5, 5.41) is 16.8. The molecule has 1 saturated heterocycles. The average molecular weight is 502 g/mol. The van der Waals surface area contributed by atoms with E-state index in [9.17, 15) is 14.7 Å². The maximum Gasteiger partial charge on any atom is 0.305 e. The fourth-order valence-electron chi connectivity index (χ4n) is 5.46. The number of carboxylic acid groups (broad SMARTS) is 1. The van der Waals surface area contributed by atoms with Gasteiger partial charge in [0, 0.05) is 30.4 Å². The number of nitrogens with zero attached hydrogens (tertiary/aromatic N) is 3. The second-order valence-corrected chi connectivity index (χ2v) is 10.2. The number of likely N-dealkylation sites (tertiary alicyclic amines) is 1. The number of aromatic nitrogens is 2. The van der Waals surface area contributed by atoms with Crippen molar-refractivity contribution in [2.45, 2.75) is 51.0 Å². The number of para-hydroxylation sites is 1. The molecule has 8 nitrogen and oxygen atoms in total. The van der Waals surface area contributed by atoms with Crippen molar-refractivity contribution < 1.29 is 14.7 Å². The van der Waals surface area contributed by atoms with Crippen LogP contribution in [0.2, 0.25) is 0 Å². The number of aryl methyl sites for hydroxylation is 2.